The molecule has 0 aliphatic heterocycles. The maximum atomic E-state index is 12.1. The molecular weight excluding hydrogens is 336 g/mol. The van der Waals surface area contributed by atoms with E-state index >= 15 is 0 Å². The predicted molar refractivity (Wildman–Crippen MR) is 78.4 cm³/mol. The Morgan fingerprint density at radius 1 is 1.39 bits per heavy atom. The SMILES string of the molecule is Cc1c(Br)cccc1NS(=O)(=O)c1cc(N)cs1. The van der Waals surface area contributed by atoms with Gasteiger partial charge < -0.3 is 5.73 Å². The highest BCUT2D eigenvalue weighted by molar-refractivity contribution is 9.10. The topological polar surface area (TPSA) is 72.2 Å². The Labute approximate surface area is 118 Å². The van der Waals surface area contributed by atoms with Crippen molar-refractivity contribution in [1.82, 2.24) is 0 Å². The zero-order valence-corrected chi connectivity index (χ0v) is 12.7. The van der Waals surface area contributed by atoms with Crippen molar-refractivity contribution in [3.63, 3.8) is 0 Å². The summed E-state index contributed by atoms with van der Waals surface area (Å²) in [4.78, 5) is 0. The number of benzene rings is 1. The summed E-state index contributed by atoms with van der Waals surface area (Å²) >= 11 is 4.46. The maximum Gasteiger partial charge on any atom is 0.271 e. The second-order valence-electron chi connectivity index (χ2n) is 3.72. The summed E-state index contributed by atoms with van der Waals surface area (Å²) < 4.78 is 27.8. The second kappa shape index (κ2) is 4.91. The molecule has 7 heteroatoms. The Morgan fingerprint density at radius 2 is 2.11 bits per heavy atom. The normalized spacial score (nSPS) is 11.4. The van der Waals surface area contributed by atoms with Gasteiger partial charge in [0.2, 0.25) is 0 Å². The lowest BCUT2D eigenvalue weighted by molar-refractivity contribution is 0.603. The molecule has 4 nitrogen and oxygen atoms in total. The Hall–Kier alpha value is -1.05. The van der Waals surface area contributed by atoms with E-state index in [4.69, 9.17) is 5.73 Å². The highest BCUT2D eigenvalue weighted by Crippen LogP contribution is 2.28. The number of nitrogens with two attached hydrogens (primary N) is 1. The van der Waals surface area contributed by atoms with Crippen LogP contribution in [0.2, 0.25) is 0 Å². The van der Waals surface area contributed by atoms with Gasteiger partial charge in [-0.1, -0.05) is 22.0 Å². The zero-order chi connectivity index (χ0) is 13.3. The van der Waals surface area contributed by atoms with Crippen molar-refractivity contribution in [1.29, 1.82) is 0 Å². The zero-order valence-electron chi connectivity index (χ0n) is 9.48. The van der Waals surface area contributed by atoms with Gasteiger partial charge in [0, 0.05) is 15.5 Å². The highest BCUT2D eigenvalue weighted by Gasteiger charge is 2.17. The second-order valence-corrected chi connectivity index (χ2v) is 7.39. The molecule has 0 aliphatic carbocycles. The summed E-state index contributed by atoms with van der Waals surface area (Å²) in [5.41, 5.74) is 7.37. The average Bonchev–Trinajstić information content (AvgIpc) is 2.72. The molecule has 0 unspecified atom stereocenters. The van der Waals surface area contributed by atoms with Gasteiger partial charge in [-0.3, -0.25) is 4.72 Å². The third-order valence-electron chi connectivity index (χ3n) is 2.37. The van der Waals surface area contributed by atoms with Crippen LogP contribution in [0, 0.1) is 6.92 Å². The summed E-state index contributed by atoms with van der Waals surface area (Å²) in [6.45, 7) is 1.84. The van der Waals surface area contributed by atoms with Gasteiger partial charge in [-0.2, -0.15) is 0 Å². The van der Waals surface area contributed by atoms with Crippen LogP contribution in [0.4, 0.5) is 11.4 Å². The molecule has 2 aromatic rings. The van der Waals surface area contributed by atoms with E-state index in [9.17, 15) is 8.42 Å². The minimum absolute atomic E-state index is 0.208. The number of thiophene rings is 1. The maximum absolute atomic E-state index is 12.1. The van der Waals surface area contributed by atoms with Gasteiger partial charge >= 0.3 is 0 Å². The first kappa shape index (κ1) is 13.4. The molecule has 1 heterocycles. The summed E-state index contributed by atoms with van der Waals surface area (Å²) in [6, 6.07) is 6.79. The van der Waals surface area contributed by atoms with Gasteiger partial charge in [0.25, 0.3) is 10.0 Å². The lowest BCUT2D eigenvalue weighted by atomic mass is 10.2. The van der Waals surface area contributed by atoms with Crippen molar-refractivity contribution >= 4 is 48.7 Å². The number of hydrogen-bond donors (Lipinski definition) is 2. The van der Waals surface area contributed by atoms with Gasteiger partial charge in [-0.05, 0) is 30.7 Å². The fourth-order valence-corrected chi connectivity index (χ4v) is 3.95. The van der Waals surface area contributed by atoms with Crippen LogP contribution >= 0.6 is 27.3 Å². The van der Waals surface area contributed by atoms with E-state index in [2.05, 4.69) is 20.7 Å². The smallest absolute Gasteiger partial charge is 0.271 e. The van der Waals surface area contributed by atoms with Crippen molar-refractivity contribution in [2.24, 2.45) is 0 Å². The van der Waals surface area contributed by atoms with E-state index in [1.807, 2.05) is 13.0 Å². The van der Waals surface area contributed by atoms with E-state index in [1.165, 1.54) is 6.07 Å². The van der Waals surface area contributed by atoms with Crippen LogP contribution in [0.25, 0.3) is 0 Å². The van der Waals surface area contributed by atoms with Crippen molar-refractivity contribution in [3.05, 3.63) is 39.7 Å². The minimum atomic E-state index is -3.56. The molecule has 2 rings (SSSR count). The third-order valence-corrected chi connectivity index (χ3v) is 6.05. The van der Waals surface area contributed by atoms with E-state index in [0.717, 1.165) is 21.4 Å². The van der Waals surface area contributed by atoms with Gasteiger partial charge in [0.1, 0.15) is 4.21 Å². The van der Waals surface area contributed by atoms with Crippen molar-refractivity contribution in [2.75, 3.05) is 10.5 Å². The number of anilines is 2. The molecule has 18 heavy (non-hydrogen) atoms. The highest BCUT2D eigenvalue weighted by atomic mass is 79.9. The van der Waals surface area contributed by atoms with Gasteiger partial charge in [-0.25, -0.2) is 8.42 Å². The number of nitrogens with one attached hydrogen (secondary N) is 1. The van der Waals surface area contributed by atoms with Crippen LogP contribution in [0.1, 0.15) is 5.56 Å². The predicted octanol–water partition coefficient (Wildman–Crippen LogP) is 3.20. The van der Waals surface area contributed by atoms with E-state index < -0.39 is 10.0 Å². The largest absolute Gasteiger partial charge is 0.398 e. The van der Waals surface area contributed by atoms with Gasteiger partial charge in [0.05, 0.1) is 5.69 Å². The lowest BCUT2D eigenvalue weighted by Gasteiger charge is -2.10. The average molecular weight is 347 g/mol. The molecule has 1 aromatic heterocycles. The minimum Gasteiger partial charge on any atom is -0.398 e. The number of rotatable bonds is 3. The lowest BCUT2D eigenvalue weighted by Crippen LogP contribution is -2.12. The van der Waals surface area contributed by atoms with Crippen LogP contribution in [0.5, 0.6) is 0 Å². The quantitative estimate of drug-likeness (QED) is 0.896. The monoisotopic (exact) mass is 346 g/mol. The van der Waals surface area contributed by atoms with Crippen LogP contribution in [0.15, 0.2) is 38.3 Å². The van der Waals surface area contributed by atoms with Gasteiger partial charge in [0.15, 0.2) is 0 Å². The van der Waals surface area contributed by atoms with Gasteiger partial charge in [-0.15, -0.1) is 11.3 Å². The number of halogens is 1. The molecule has 96 valence electrons. The van der Waals surface area contributed by atoms with Crippen LogP contribution in [-0.2, 0) is 10.0 Å². The molecule has 1 aromatic carbocycles. The molecule has 3 N–H and O–H groups in total. The summed E-state index contributed by atoms with van der Waals surface area (Å²) in [5.74, 6) is 0. The molecule has 0 bridgehead atoms. The molecule has 0 aliphatic rings. The summed E-state index contributed by atoms with van der Waals surface area (Å²) in [5, 5.41) is 1.60. The number of sulfonamides is 1. The Kier molecular flexibility index (Phi) is 3.65. The molecule has 0 radical (unpaired) electrons. The third kappa shape index (κ3) is 2.68. The van der Waals surface area contributed by atoms with Crippen molar-refractivity contribution in [2.45, 2.75) is 11.1 Å². The van der Waals surface area contributed by atoms with E-state index in [0.29, 0.717) is 11.4 Å². The first-order valence-corrected chi connectivity index (χ1v) is 8.17. The standard InChI is InChI=1S/C11H11BrN2O2S2/c1-7-9(12)3-2-4-10(7)14-18(15,16)11-5-8(13)6-17-11/h2-6,14H,13H2,1H3. The summed E-state index contributed by atoms with van der Waals surface area (Å²) in [7, 11) is -3.56. The molecular formula is C11H11BrN2O2S2. The first-order chi connectivity index (χ1) is 8.40. The first-order valence-electron chi connectivity index (χ1n) is 5.02. The Bertz CT molecular complexity index is 680. The molecule has 0 saturated carbocycles. The molecule has 0 saturated heterocycles. The van der Waals surface area contributed by atoms with Crippen LogP contribution in [-0.4, -0.2) is 8.42 Å². The Balaban J connectivity index is 2.37. The molecule has 0 amide bonds. The van der Waals surface area contributed by atoms with Crippen LogP contribution in [0.3, 0.4) is 0 Å². The van der Waals surface area contributed by atoms with E-state index in [1.54, 1.807) is 17.5 Å². The molecule has 0 fully saturated rings. The number of nitrogen functional groups attached to an aromatic ring is 1. The van der Waals surface area contributed by atoms with E-state index in [-0.39, 0.29) is 4.21 Å². The van der Waals surface area contributed by atoms with Crippen molar-refractivity contribution in [3.8, 4) is 0 Å². The molecule has 0 atom stereocenters. The molecule has 0 spiro atoms. The number of hydrogen-bond acceptors (Lipinski definition) is 4. The summed E-state index contributed by atoms with van der Waals surface area (Å²) in [6.07, 6.45) is 0. The fourth-order valence-electron chi connectivity index (χ4n) is 1.38. The van der Waals surface area contributed by atoms with Crippen LogP contribution < -0.4 is 10.5 Å². The Morgan fingerprint density at radius 3 is 2.72 bits per heavy atom. The van der Waals surface area contributed by atoms with Crippen molar-refractivity contribution < 1.29 is 8.42 Å². The fraction of sp³-hybridized carbons (Fsp3) is 0.0909.